The van der Waals surface area contributed by atoms with Gasteiger partial charge in [0.05, 0.1) is 0 Å². The quantitative estimate of drug-likeness (QED) is 0.777. The second-order valence-electron chi connectivity index (χ2n) is 4.55. The lowest BCUT2D eigenvalue weighted by Crippen LogP contribution is -2.24. The third-order valence-electron chi connectivity index (χ3n) is 3.58. The first-order valence-electron chi connectivity index (χ1n) is 6.16. The van der Waals surface area contributed by atoms with Crippen molar-refractivity contribution >= 4 is 0 Å². The van der Waals surface area contributed by atoms with Crippen LogP contribution in [0.1, 0.15) is 43.9 Å². The molecule has 0 fully saturated rings. The van der Waals surface area contributed by atoms with Crippen molar-refractivity contribution in [2.75, 3.05) is 6.54 Å². The Morgan fingerprint density at radius 2 is 2.00 bits per heavy atom. The van der Waals surface area contributed by atoms with Crippen molar-refractivity contribution in [2.24, 2.45) is 5.92 Å². The molecule has 1 N–H and O–H groups in total. The van der Waals surface area contributed by atoms with Crippen LogP contribution in [0.2, 0.25) is 0 Å². The lowest BCUT2D eigenvalue weighted by atomic mass is 9.93. The molecule has 1 aromatic carbocycles. The van der Waals surface area contributed by atoms with Gasteiger partial charge in [0.25, 0.3) is 0 Å². The highest BCUT2D eigenvalue weighted by Crippen LogP contribution is 2.27. The molecule has 0 aliphatic carbocycles. The third kappa shape index (κ3) is 2.23. The normalized spacial score (nSPS) is 25.7. The number of nitrogens with one attached hydrogen (secondary N) is 1. The highest BCUT2D eigenvalue weighted by molar-refractivity contribution is 5.31. The molecule has 0 amide bonds. The Morgan fingerprint density at radius 1 is 1.20 bits per heavy atom. The molecule has 2 unspecified atom stereocenters. The van der Waals surface area contributed by atoms with Crippen LogP contribution < -0.4 is 5.32 Å². The summed E-state index contributed by atoms with van der Waals surface area (Å²) in [5, 5.41) is 3.69. The van der Waals surface area contributed by atoms with Crippen LogP contribution in [0.3, 0.4) is 0 Å². The molecule has 0 saturated carbocycles. The topological polar surface area (TPSA) is 12.0 Å². The van der Waals surface area contributed by atoms with Gasteiger partial charge >= 0.3 is 0 Å². The van der Waals surface area contributed by atoms with Crippen molar-refractivity contribution in [3.05, 3.63) is 35.4 Å². The van der Waals surface area contributed by atoms with Gasteiger partial charge < -0.3 is 5.32 Å². The number of hydrogen-bond donors (Lipinski definition) is 1. The van der Waals surface area contributed by atoms with Crippen molar-refractivity contribution < 1.29 is 0 Å². The van der Waals surface area contributed by atoms with Gasteiger partial charge in [-0.1, -0.05) is 44.5 Å². The molecule has 1 aliphatic heterocycles. The summed E-state index contributed by atoms with van der Waals surface area (Å²) >= 11 is 0. The molecule has 15 heavy (non-hydrogen) atoms. The Morgan fingerprint density at radius 3 is 2.73 bits per heavy atom. The van der Waals surface area contributed by atoms with Crippen LogP contribution >= 0.6 is 0 Å². The molecule has 1 heteroatoms. The Balaban J connectivity index is 2.31. The molecule has 2 rings (SSSR count). The Labute approximate surface area is 92.9 Å². The van der Waals surface area contributed by atoms with E-state index in [2.05, 4.69) is 43.4 Å². The van der Waals surface area contributed by atoms with Gasteiger partial charge in [0, 0.05) is 6.04 Å². The maximum atomic E-state index is 3.69. The molecule has 0 bridgehead atoms. The predicted octanol–water partition coefficient (Wildman–Crippen LogP) is 3.31. The Hall–Kier alpha value is -0.820. The van der Waals surface area contributed by atoms with E-state index in [1.54, 1.807) is 5.56 Å². The highest BCUT2D eigenvalue weighted by atomic mass is 14.9. The van der Waals surface area contributed by atoms with E-state index < -0.39 is 0 Å². The van der Waals surface area contributed by atoms with Crippen LogP contribution in [-0.4, -0.2) is 6.54 Å². The molecule has 0 spiro atoms. The molecule has 1 heterocycles. The fourth-order valence-electron chi connectivity index (χ4n) is 2.52. The lowest BCUT2D eigenvalue weighted by molar-refractivity contribution is 0.436. The minimum atomic E-state index is 0.567. The van der Waals surface area contributed by atoms with E-state index in [1.165, 1.54) is 31.4 Å². The van der Waals surface area contributed by atoms with Crippen LogP contribution in [0.5, 0.6) is 0 Å². The van der Waals surface area contributed by atoms with Crippen molar-refractivity contribution in [1.29, 1.82) is 0 Å². The fourth-order valence-corrected chi connectivity index (χ4v) is 2.52. The molecule has 0 saturated heterocycles. The predicted molar refractivity (Wildman–Crippen MR) is 65.0 cm³/mol. The minimum absolute atomic E-state index is 0.567. The van der Waals surface area contributed by atoms with E-state index in [9.17, 15) is 0 Å². The molecule has 82 valence electrons. The van der Waals surface area contributed by atoms with Crippen molar-refractivity contribution in [1.82, 2.24) is 5.32 Å². The standard InChI is InChI=1S/C14H21N/c1-3-11-9-12-7-5-6-8-13(12)14(4-2)15-10-11/h5-8,11,14-15H,3-4,9-10H2,1-2H3. The number of benzene rings is 1. The van der Waals surface area contributed by atoms with Gasteiger partial charge in [-0.3, -0.25) is 0 Å². The Bertz CT molecular complexity index is 319. The summed E-state index contributed by atoms with van der Waals surface area (Å²) in [4.78, 5) is 0. The van der Waals surface area contributed by atoms with E-state index in [-0.39, 0.29) is 0 Å². The van der Waals surface area contributed by atoms with Gasteiger partial charge in [-0.2, -0.15) is 0 Å². The van der Waals surface area contributed by atoms with E-state index in [0.29, 0.717) is 6.04 Å². The second kappa shape index (κ2) is 4.80. The van der Waals surface area contributed by atoms with Crippen LogP contribution in [0, 0.1) is 5.92 Å². The van der Waals surface area contributed by atoms with Gasteiger partial charge in [-0.05, 0) is 36.4 Å². The number of hydrogen-bond acceptors (Lipinski definition) is 1. The SMILES string of the molecule is CCC1CNC(CC)c2ccccc2C1. The maximum Gasteiger partial charge on any atom is 0.0320 e. The van der Waals surface area contributed by atoms with Crippen molar-refractivity contribution in [3.63, 3.8) is 0 Å². The molecular formula is C14H21N. The summed E-state index contributed by atoms with van der Waals surface area (Å²) in [6.45, 7) is 5.73. The first kappa shape index (κ1) is 10.7. The van der Waals surface area contributed by atoms with Crippen molar-refractivity contribution in [2.45, 2.75) is 39.2 Å². The van der Waals surface area contributed by atoms with Gasteiger partial charge in [0.15, 0.2) is 0 Å². The monoisotopic (exact) mass is 203 g/mol. The first-order chi connectivity index (χ1) is 7.35. The minimum Gasteiger partial charge on any atom is -0.310 e. The van der Waals surface area contributed by atoms with Crippen LogP contribution in [0.25, 0.3) is 0 Å². The molecular weight excluding hydrogens is 182 g/mol. The molecule has 0 aromatic heterocycles. The molecule has 1 aromatic rings. The van der Waals surface area contributed by atoms with E-state index >= 15 is 0 Å². The summed E-state index contributed by atoms with van der Waals surface area (Å²) in [5.74, 6) is 0.808. The molecule has 0 radical (unpaired) electrons. The molecule has 1 nitrogen and oxygen atoms in total. The van der Waals surface area contributed by atoms with Crippen LogP contribution in [0.15, 0.2) is 24.3 Å². The second-order valence-corrected chi connectivity index (χ2v) is 4.55. The average molecular weight is 203 g/mol. The van der Waals surface area contributed by atoms with E-state index in [1.807, 2.05) is 0 Å². The Kier molecular flexibility index (Phi) is 3.42. The van der Waals surface area contributed by atoms with Gasteiger partial charge in [-0.15, -0.1) is 0 Å². The van der Waals surface area contributed by atoms with E-state index in [4.69, 9.17) is 0 Å². The summed E-state index contributed by atoms with van der Waals surface area (Å²) in [5.41, 5.74) is 3.08. The van der Waals surface area contributed by atoms with E-state index in [0.717, 1.165) is 5.92 Å². The lowest BCUT2D eigenvalue weighted by Gasteiger charge is -2.16. The summed E-state index contributed by atoms with van der Waals surface area (Å²) in [6, 6.07) is 9.49. The zero-order chi connectivity index (χ0) is 10.7. The zero-order valence-electron chi connectivity index (χ0n) is 9.79. The van der Waals surface area contributed by atoms with Crippen LogP contribution in [0.4, 0.5) is 0 Å². The number of fused-ring (bicyclic) bond motifs is 1. The largest absolute Gasteiger partial charge is 0.310 e. The highest BCUT2D eigenvalue weighted by Gasteiger charge is 2.20. The summed E-state index contributed by atoms with van der Waals surface area (Å²) in [7, 11) is 0. The molecule has 2 atom stereocenters. The van der Waals surface area contributed by atoms with Gasteiger partial charge in [0.2, 0.25) is 0 Å². The number of rotatable bonds is 2. The summed E-state index contributed by atoms with van der Waals surface area (Å²) in [6.07, 6.45) is 3.71. The van der Waals surface area contributed by atoms with Gasteiger partial charge in [-0.25, -0.2) is 0 Å². The van der Waals surface area contributed by atoms with Crippen molar-refractivity contribution in [3.8, 4) is 0 Å². The fraction of sp³-hybridized carbons (Fsp3) is 0.571. The average Bonchev–Trinajstić information content (AvgIpc) is 2.47. The van der Waals surface area contributed by atoms with Crippen LogP contribution in [-0.2, 0) is 6.42 Å². The first-order valence-corrected chi connectivity index (χ1v) is 6.16. The van der Waals surface area contributed by atoms with Gasteiger partial charge in [0.1, 0.15) is 0 Å². The smallest absolute Gasteiger partial charge is 0.0320 e. The summed E-state index contributed by atoms with van der Waals surface area (Å²) < 4.78 is 0. The zero-order valence-corrected chi connectivity index (χ0v) is 9.79. The maximum absolute atomic E-state index is 3.69. The molecule has 1 aliphatic rings. The third-order valence-corrected chi connectivity index (χ3v) is 3.58.